The molecule has 1 heterocycles. The highest BCUT2D eigenvalue weighted by atomic mass is 16.4. The number of hydrogen-bond acceptors (Lipinski definition) is 4. The fraction of sp³-hybridized carbons (Fsp3) is 0.700. The summed E-state index contributed by atoms with van der Waals surface area (Å²) in [5, 5.41) is 20.5. The lowest BCUT2D eigenvalue weighted by Gasteiger charge is -2.23. The van der Waals surface area contributed by atoms with Gasteiger partial charge >= 0.3 is 5.97 Å². The molecule has 0 bridgehead atoms. The fourth-order valence-corrected chi connectivity index (χ4v) is 1.19. The summed E-state index contributed by atoms with van der Waals surface area (Å²) in [6.45, 7) is 0.0694. The van der Waals surface area contributed by atoms with Crippen molar-refractivity contribution in [1.82, 2.24) is 5.32 Å². The Balaban J connectivity index is 0.000000304. The van der Waals surface area contributed by atoms with Crippen LogP contribution in [0.5, 0.6) is 0 Å². The van der Waals surface area contributed by atoms with Crippen LogP contribution >= 0.6 is 0 Å². The van der Waals surface area contributed by atoms with Gasteiger partial charge in [0.2, 0.25) is 5.91 Å². The standard InChI is InChI=1S/C5H7NO3.C5H11NO2/c7-4-2-1-3(6-4)5(8)9;1-6(2,3)4-5(7)8/h3H,1-2H2,(H,6,7)(H,8,9);4H2,1-3H3/t3-;/m0./s1. The van der Waals surface area contributed by atoms with E-state index in [9.17, 15) is 19.5 Å². The summed E-state index contributed by atoms with van der Waals surface area (Å²) in [5.74, 6) is -2.11. The molecule has 0 aromatic heterocycles. The van der Waals surface area contributed by atoms with Gasteiger partial charge in [0.1, 0.15) is 12.6 Å². The summed E-state index contributed by atoms with van der Waals surface area (Å²) in [7, 11) is 5.40. The van der Waals surface area contributed by atoms with E-state index in [1.807, 2.05) is 0 Å². The van der Waals surface area contributed by atoms with Gasteiger partial charge in [-0.15, -0.1) is 0 Å². The molecule has 1 saturated heterocycles. The van der Waals surface area contributed by atoms with Crippen molar-refractivity contribution >= 4 is 17.8 Å². The quantitative estimate of drug-likeness (QED) is 0.549. The van der Waals surface area contributed by atoms with Gasteiger partial charge in [0.15, 0.2) is 0 Å². The second-order valence-corrected chi connectivity index (χ2v) is 4.82. The van der Waals surface area contributed by atoms with Gasteiger partial charge in [-0.1, -0.05) is 0 Å². The molecule has 1 aliphatic rings. The number of carbonyl (C=O) groups excluding carboxylic acids is 2. The third-order valence-electron chi connectivity index (χ3n) is 1.90. The number of nitrogens with one attached hydrogen (secondary N) is 1. The maximum absolute atomic E-state index is 10.4. The van der Waals surface area contributed by atoms with Crippen molar-refractivity contribution in [3.8, 4) is 0 Å². The zero-order chi connectivity index (χ0) is 13.6. The van der Waals surface area contributed by atoms with Crippen LogP contribution in [0.15, 0.2) is 0 Å². The lowest BCUT2D eigenvalue weighted by atomic mass is 10.2. The van der Waals surface area contributed by atoms with Gasteiger partial charge in [-0.2, -0.15) is 0 Å². The van der Waals surface area contributed by atoms with E-state index in [-0.39, 0.29) is 12.5 Å². The number of nitrogens with zero attached hydrogens (tertiary/aromatic N) is 1. The zero-order valence-corrected chi connectivity index (χ0v) is 10.2. The topological polar surface area (TPSA) is 107 Å². The molecule has 7 heteroatoms. The largest absolute Gasteiger partial charge is 0.544 e. The van der Waals surface area contributed by atoms with Crippen LogP contribution in [-0.4, -0.2) is 61.2 Å². The highest BCUT2D eigenvalue weighted by Crippen LogP contribution is 2.05. The van der Waals surface area contributed by atoms with Gasteiger partial charge in [-0.25, -0.2) is 4.79 Å². The molecule has 0 aliphatic carbocycles. The Labute approximate surface area is 99.6 Å². The second-order valence-electron chi connectivity index (χ2n) is 4.82. The molecule has 0 spiro atoms. The molecule has 2 N–H and O–H groups in total. The third kappa shape index (κ3) is 8.21. The normalized spacial score (nSPS) is 19.0. The molecule has 0 saturated carbocycles. The second kappa shape index (κ2) is 6.19. The lowest BCUT2D eigenvalue weighted by molar-refractivity contribution is -0.864. The van der Waals surface area contributed by atoms with Crippen LogP contribution in [0.25, 0.3) is 0 Å². The van der Waals surface area contributed by atoms with E-state index >= 15 is 0 Å². The van der Waals surface area contributed by atoms with E-state index in [4.69, 9.17) is 5.11 Å². The highest BCUT2D eigenvalue weighted by molar-refractivity contribution is 5.87. The van der Waals surface area contributed by atoms with Crippen molar-refractivity contribution in [2.75, 3.05) is 27.7 Å². The molecule has 1 rings (SSSR count). The number of carbonyl (C=O) groups is 3. The number of carboxylic acids is 2. The van der Waals surface area contributed by atoms with Crippen LogP contribution < -0.4 is 10.4 Å². The molecule has 7 nitrogen and oxygen atoms in total. The average Bonchev–Trinajstić information content (AvgIpc) is 2.47. The van der Waals surface area contributed by atoms with Gasteiger partial charge in [0, 0.05) is 6.42 Å². The van der Waals surface area contributed by atoms with Crippen LogP contribution in [0.3, 0.4) is 0 Å². The Bertz CT molecular complexity index is 308. The van der Waals surface area contributed by atoms with Crippen molar-refractivity contribution in [3.63, 3.8) is 0 Å². The Morgan fingerprint density at radius 1 is 1.47 bits per heavy atom. The molecular formula is C10H18N2O5. The number of likely N-dealkylation sites (N-methyl/N-ethyl adjacent to an activating group) is 1. The molecule has 1 aliphatic heterocycles. The smallest absolute Gasteiger partial charge is 0.326 e. The lowest BCUT2D eigenvalue weighted by Crippen LogP contribution is -2.45. The average molecular weight is 246 g/mol. The summed E-state index contributed by atoms with van der Waals surface area (Å²) in [5.41, 5.74) is 0. The van der Waals surface area contributed by atoms with Crippen molar-refractivity contribution in [1.29, 1.82) is 0 Å². The van der Waals surface area contributed by atoms with Gasteiger partial charge in [-0.05, 0) is 6.42 Å². The first kappa shape index (κ1) is 15.4. The summed E-state index contributed by atoms with van der Waals surface area (Å²) in [4.78, 5) is 30.4. The van der Waals surface area contributed by atoms with E-state index < -0.39 is 18.0 Å². The monoisotopic (exact) mass is 246 g/mol. The maximum atomic E-state index is 10.4. The summed E-state index contributed by atoms with van der Waals surface area (Å²) in [6, 6.07) is -0.641. The molecule has 1 atom stereocenters. The molecule has 1 fully saturated rings. The first-order valence-electron chi connectivity index (χ1n) is 5.14. The molecule has 1 amide bonds. The SMILES string of the molecule is C[N+](C)(C)CC(=O)[O-].O=C1CC[C@@H](C(=O)O)N1. The van der Waals surface area contributed by atoms with Crippen LogP contribution in [-0.2, 0) is 14.4 Å². The summed E-state index contributed by atoms with van der Waals surface area (Å²) < 4.78 is 0.419. The van der Waals surface area contributed by atoms with Crippen molar-refractivity contribution in [2.45, 2.75) is 18.9 Å². The van der Waals surface area contributed by atoms with Crippen LogP contribution in [0.2, 0.25) is 0 Å². The molecule has 0 aromatic rings. The van der Waals surface area contributed by atoms with Gasteiger partial charge in [0.05, 0.1) is 27.1 Å². The molecule has 0 radical (unpaired) electrons. The number of quaternary nitrogens is 1. The van der Waals surface area contributed by atoms with Crippen molar-refractivity contribution < 1.29 is 29.1 Å². The van der Waals surface area contributed by atoms with E-state index in [1.54, 1.807) is 21.1 Å². The number of carboxylic acid groups (broad SMARTS) is 2. The van der Waals surface area contributed by atoms with E-state index in [2.05, 4.69) is 5.32 Å². The zero-order valence-electron chi connectivity index (χ0n) is 10.2. The van der Waals surface area contributed by atoms with Gasteiger partial charge in [-0.3, -0.25) is 4.79 Å². The first-order chi connectivity index (χ1) is 7.61. The van der Waals surface area contributed by atoms with Crippen molar-refractivity contribution in [3.05, 3.63) is 0 Å². The number of rotatable bonds is 3. The fourth-order valence-electron chi connectivity index (χ4n) is 1.19. The molecule has 0 unspecified atom stereocenters. The first-order valence-corrected chi connectivity index (χ1v) is 5.14. The van der Waals surface area contributed by atoms with Crippen molar-refractivity contribution in [2.24, 2.45) is 0 Å². The molecule has 0 aromatic carbocycles. The Morgan fingerprint density at radius 2 is 2.00 bits per heavy atom. The molecule has 98 valence electrons. The predicted octanol–water partition coefficient (Wildman–Crippen LogP) is -2.21. The van der Waals surface area contributed by atoms with E-state index in [0.29, 0.717) is 17.3 Å². The van der Waals surface area contributed by atoms with Gasteiger partial charge in [0.25, 0.3) is 0 Å². The van der Waals surface area contributed by atoms with E-state index in [1.165, 1.54) is 0 Å². The Kier molecular flexibility index (Phi) is 5.60. The van der Waals surface area contributed by atoms with Crippen LogP contribution in [0.4, 0.5) is 0 Å². The summed E-state index contributed by atoms with van der Waals surface area (Å²) in [6.07, 6.45) is 0.769. The minimum absolute atomic E-state index is 0.0694. The highest BCUT2D eigenvalue weighted by Gasteiger charge is 2.26. The summed E-state index contributed by atoms with van der Waals surface area (Å²) >= 11 is 0. The minimum Gasteiger partial charge on any atom is -0.544 e. The number of aliphatic carboxylic acids is 2. The number of amides is 1. The number of hydrogen-bond donors (Lipinski definition) is 2. The Hall–Kier alpha value is -1.63. The third-order valence-corrected chi connectivity index (χ3v) is 1.90. The van der Waals surface area contributed by atoms with Gasteiger partial charge < -0.3 is 24.8 Å². The van der Waals surface area contributed by atoms with Crippen LogP contribution in [0.1, 0.15) is 12.8 Å². The molecular weight excluding hydrogens is 228 g/mol. The maximum Gasteiger partial charge on any atom is 0.326 e. The molecule has 17 heavy (non-hydrogen) atoms. The predicted molar refractivity (Wildman–Crippen MR) is 56.7 cm³/mol. The van der Waals surface area contributed by atoms with E-state index in [0.717, 1.165) is 0 Å². The van der Waals surface area contributed by atoms with Crippen LogP contribution in [0, 0.1) is 0 Å². The minimum atomic E-state index is -1.00. The Morgan fingerprint density at radius 3 is 2.12 bits per heavy atom.